The Morgan fingerprint density at radius 3 is 1.86 bits per heavy atom. The van der Waals surface area contributed by atoms with Gasteiger partial charge in [0.15, 0.2) is 0 Å². The second-order valence-corrected chi connectivity index (χ2v) is 12.9. The molecule has 230 valence electrons. The Bertz CT molecular complexity index is 1650. The van der Waals surface area contributed by atoms with Crippen LogP contribution in [0.5, 0.6) is 11.5 Å². The molecule has 4 aromatic rings. The number of aryl methyl sites for hydroxylation is 2. The standard InChI is InChI=1S/C35H39N3O5S/c1-25(2)36-35(40)28(5)37(23-29-15-11-26(3)12-16-29)34(39)24-38(44(41,42)33-21-13-27(4)14-22-33)30-17-19-32(20-18-30)43-31-9-7-6-8-10-31/h6-22,25,28H,23-24H2,1-5H3,(H,36,40)/t28-/m0/s1. The minimum Gasteiger partial charge on any atom is -0.457 e. The first-order valence-corrected chi connectivity index (χ1v) is 16.0. The molecule has 0 heterocycles. The number of amides is 2. The lowest BCUT2D eigenvalue weighted by Gasteiger charge is -2.32. The van der Waals surface area contributed by atoms with E-state index in [0.29, 0.717) is 11.5 Å². The molecule has 0 fully saturated rings. The minimum absolute atomic E-state index is 0.0520. The fraction of sp³-hybridized carbons (Fsp3) is 0.257. The van der Waals surface area contributed by atoms with Gasteiger partial charge in [0.05, 0.1) is 10.6 Å². The van der Waals surface area contributed by atoms with Gasteiger partial charge in [-0.15, -0.1) is 0 Å². The van der Waals surface area contributed by atoms with Crippen LogP contribution in [-0.2, 0) is 26.2 Å². The lowest BCUT2D eigenvalue weighted by atomic mass is 10.1. The molecule has 0 saturated carbocycles. The van der Waals surface area contributed by atoms with Gasteiger partial charge in [0.2, 0.25) is 11.8 Å². The van der Waals surface area contributed by atoms with E-state index in [1.54, 1.807) is 43.3 Å². The number of hydrogen-bond donors (Lipinski definition) is 1. The monoisotopic (exact) mass is 613 g/mol. The number of benzene rings is 4. The average Bonchev–Trinajstić information content (AvgIpc) is 3.00. The summed E-state index contributed by atoms with van der Waals surface area (Å²) in [6.45, 7) is 8.80. The van der Waals surface area contributed by atoms with Gasteiger partial charge in [0.1, 0.15) is 24.1 Å². The molecule has 0 spiro atoms. The number of hydrogen-bond acceptors (Lipinski definition) is 5. The van der Waals surface area contributed by atoms with Crippen LogP contribution in [0.15, 0.2) is 108 Å². The molecule has 0 bridgehead atoms. The molecule has 1 N–H and O–H groups in total. The third-order valence-electron chi connectivity index (χ3n) is 7.06. The Hall–Kier alpha value is -4.63. The third-order valence-corrected chi connectivity index (χ3v) is 8.85. The van der Waals surface area contributed by atoms with Crippen molar-refractivity contribution >= 4 is 27.5 Å². The lowest BCUT2D eigenvalue weighted by molar-refractivity contribution is -0.139. The van der Waals surface area contributed by atoms with E-state index in [-0.39, 0.29) is 29.1 Å². The second-order valence-electron chi connectivity index (χ2n) is 11.1. The predicted octanol–water partition coefficient (Wildman–Crippen LogP) is 6.23. The van der Waals surface area contributed by atoms with Crippen molar-refractivity contribution < 1.29 is 22.7 Å². The van der Waals surface area contributed by atoms with Crippen molar-refractivity contribution in [1.29, 1.82) is 0 Å². The Morgan fingerprint density at radius 1 is 0.750 bits per heavy atom. The van der Waals surface area contributed by atoms with Crippen LogP contribution in [0.4, 0.5) is 5.69 Å². The van der Waals surface area contributed by atoms with Crippen LogP contribution in [0.3, 0.4) is 0 Å². The van der Waals surface area contributed by atoms with Gasteiger partial charge in [-0.3, -0.25) is 13.9 Å². The maximum absolute atomic E-state index is 14.1. The minimum atomic E-state index is -4.17. The summed E-state index contributed by atoms with van der Waals surface area (Å²) in [6.07, 6.45) is 0. The highest BCUT2D eigenvalue weighted by Crippen LogP contribution is 2.29. The van der Waals surface area contributed by atoms with Crippen LogP contribution in [0.2, 0.25) is 0 Å². The van der Waals surface area contributed by atoms with Crippen molar-refractivity contribution in [2.24, 2.45) is 0 Å². The number of nitrogens with one attached hydrogen (secondary N) is 1. The Balaban J connectivity index is 1.70. The predicted molar refractivity (Wildman–Crippen MR) is 173 cm³/mol. The molecule has 8 nitrogen and oxygen atoms in total. The van der Waals surface area contributed by atoms with Gasteiger partial charge in [0.25, 0.3) is 10.0 Å². The molecule has 0 unspecified atom stereocenters. The zero-order valence-corrected chi connectivity index (χ0v) is 26.5. The van der Waals surface area contributed by atoms with E-state index < -0.39 is 28.5 Å². The molecule has 0 aliphatic rings. The first-order chi connectivity index (χ1) is 20.9. The fourth-order valence-electron chi connectivity index (χ4n) is 4.55. The van der Waals surface area contributed by atoms with Crippen molar-refractivity contribution in [3.05, 3.63) is 120 Å². The normalized spacial score (nSPS) is 12.0. The molecule has 9 heteroatoms. The van der Waals surface area contributed by atoms with Crippen molar-refractivity contribution in [1.82, 2.24) is 10.2 Å². The van der Waals surface area contributed by atoms with Gasteiger partial charge in [0, 0.05) is 12.6 Å². The highest BCUT2D eigenvalue weighted by molar-refractivity contribution is 7.92. The summed E-state index contributed by atoms with van der Waals surface area (Å²) in [5.74, 6) is 0.312. The number of carbonyl (C=O) groups is 2. The smallest absolute Gasteiger partial charge is 0.264 e. The number of para-hydroxylation sites is 1. The summed E-state index contributed by atoms with van der Waals surface area (Å²) in [6, 6.07) is 28.9. The molecular weight excluding hydrogens is 574 g/mol. The molecule has 1 atom stereocenters. The molecule has 4 rings (SSSR count). The molecule has 0 aliphatic carbocycles. The Labute approximate surface area is 260 Å². The number of sulfonamides is 1. The highest BCUT2D eigenvalue weighted by atomic mass is 32.2. The topological polar surface area (TPSA) is 96.0 Å². The fourth-order valence-corrected chi connectivity index (χ4v) is 5.96. The Morgan fingerprint density at radius 2 is 1.30 bits per heavy atom. The first-order valence-electron chi connectivity index (χ1n) is 14.5. The van der Waals surface area contributed by atoms with Gasteiger partial charge in [-0.25, -0.2) is 8.42 Å². The van der Waals surface area contributed by atoms with E-state index in [9.17, 15) is 18.0 Å². The number of carbonyl (C=O) groups excluding carboxylic acids is 2. The van der Waals surface area contributed by atoms with Crippen LogP contribution in [0.1, 0.15) is 37.5 Å². The van der Waals surface area contributed by atoms with E-state index in [4.69, 9.17) is 4.74 Å². The highest BCUT2D eigenvalue weighted by Gasteiger charge is 2.32. The number of rotatable bonds is 12. The third kappa shape index (κ3) is 8.26. The maximum Gasteiger partial charge on any atom is 0.264 e. The molecule has 0 radical (unpaired) electrons. The molecule has 2 amide bonds. The summed E-state index contributed by atoms with van der Waals surface area (Å²) < 4.78 is 35.1. The van der Waals surface area contributed by atoms with Crippen molar-refractivity contribution in [3.8, 4) is 11.5 Å². The van der Waals surface area contributed by atoms with Crippen LogP contribution in [0.25, 0.3) is 0 Å². The van der Waals surface area contributed by atoms with E-state index >= 15 is 0 Å². The van der Waals surface area contributed by atoms with Gasteiger partial charge in [-0.1, -0.05) is 65.7 Å². The van der Waals surface area contributed by atoms with Crippen LogP contribution < -0.4 is 14.4 Å². The van der Waals surface area contributed by atoms with Crippen molar-refractivity contribution in [2.45, 2.75) is 58.1 Å². The van der Waals surface area contributed by atoms with E-state index in [0.717, 1.165) is 21.0 Å². The van der Waals surface area contributed by atoms with Crippen LogP contribution in [-0.4, -0.2) is 43.8 Å². The zero-order valence-electron chi connectivity index (χ0n) is 25.7. The summed E-state index contributed by atoms with van der Waals surface area (Å²) in [4.78, 5) is 28.6. The van der Waals surface area contributed by atoms with Crippen LogP contribution >= 0.6 is 0 Å². The molecule has 0 saturated heterocycles. The largest absolute Gasteiger partial charge is 0.457 e. The van der Waals surface area contributed by atoms with E-state index in [1.165, 1.54) is 17.0 Å². The zero-order chi connectivity index (χ0) is 31.9. The molecule has 0 aromatic heterocycles. The maximum atomic E-state index is 14.1. The van der Waals surface area contributed by atoms with Gasteiger partial charge in [-0.2, -0.15) is 0 Å². The quantitative estimate of drug-likeness (QED) is 0.204. The summed E-state index contributed by atoms with van der Waals surface area (Å²) in [5.41, 5.74) is 3.08. The first kappa shape index (κ1) is 32.3. The average molecular weight is 614 g/mol. The summed E-state index contributed by atoms with van der Waals surface area (Å²) >= 11 is 0. The summed E-state index contributed by atoms with van der Waals surface area (Å²) in [7, 11) is -4.17. The number of anilines is 1. The van der Waals surface area contributed by atoms with Crippen molar-refractivity contribution in [3.63, 3.8) is 0 Å². The van der Waals surface area contributed by atoms with E-state index in [1.807, 2.05) is 82.3 Å². The molecule has 44 heavy (non-hydrogen) atoms. The van der Waals surface area contributed by atoms with Gasteiger partial charge in [-0.05, 0) is 88.7 Å². The molecule has 0 aliphatic heterocycles. The SMILES string of the molecule is Cc1ccc(CN(C(=O)CN(c2ccc(Oc3ccccc3)cc2)S(=O)(=O)c2ccc(C)cc2)[C@@H](C)C(=O)NC(C)C)cc1. The van der Waals surface area contributed by atoms with Gasteiger partial charge < -0.3 is 15.0 Å². The Kier molecular flexibility index (Phi) is 10.4. The number of ether oxygens (including phenoxy) is 1. The van der Waals surface area contributed by atoms with E-state index in [2.05, 4.69) is 5.32 Å². The van der Waals surface area contributed by atoms with Crippen LogP contribution in [0, 0.1) is 13.8 Å². The van der Waals surface area contributed by atoms with Crippen molar-refractivity contribution in [2.75, 3.05) is 10.8 Å². The number of nitrogens with zero attached hydrogens (tertiary/aromatic N) is 2. The second kappa shape index (κ2) is 14.2. The summed E-state index contributed by atoms with van der Waals surface area (Å²) in [5, 5.41) is 2.87. The molecule has 4 aromatic carbocycles. The molecular formula is C35H39N3O5S. The van der Waals surface area contributed by atoms with Gasteiger partial charge >= 0.3 is 0 Å². The lowest BCUT2D eigenvalue weighted by Crippen LogP contribution is -2.52.